The van der Waals surface area contributed by atoms with Gasteiger partial charge in [-0.15, -0.1) is 6.58 Å². The van der Waals surface area contributed by atoms with E-state index in [2.05, 4.69) is 6.58 Å². The predicted molar refractivity (Wildman–Crippen MR) is 77.5 cm³/mol. The number of hydrogen-bond acceptors (Lipinski definition) is 5. The SMILES string of the molecule is C=CCO[C@H]1OC(C)[C@H](O)C(OCc2ccccc2)C1O. The van der Waals surface area contributed by atoms with Crippen molar-refractivity contribution in [3.05, 3.63) is 48.6 Å². The van der Waals surface area contributed by atoms with Gasteiger partial charge >= 0.3 is 0 Å². The van der Waals surface area contributed by atoms with Crippen LogP contribution in [0, 0.1) is 0 Å². The van der Waals surface area contributed by atoms with E-state index < -0.39 is 30.7 Å². The van der Waals surface area contributed by atoms with Crippen molar-refractivity contribution in [2.75, 3.05) is 6.61 Å². The fourth-order valence-electron chi connectivity index (χ4n) is 2.26. The van der Waals surface area contributed by atoms with Gasteiger partial charge in [0.05, 0.1) is 19.3 Å². The minimum atomic E-state index is -1.06. The number of rotatable bonds is 6. The summed E-state index contributed by atoms with van der Waals surface area (Å²) in [4.78, 5) is 0. The van der Waals surface area contributed by atoms with Crippen LogP contribution < -0.4 is 0 Å². The molecule has 0 bridgehead atoms. The summed E-state index contributed by atoms with van der Waals surface area (Å²) in [5, 5.41) is 20.4. The van der Waals surface area contributed by atoms with E-state index in [0.717, 1.165) is 5.56 Å². The van der Waals surface area contributed by atoms with Crippen molar-refractivity contribution in [1.29, 1.82) is 0 Å². The molecule has 0 aliphatic carbocycles. The Balaban J connectivity index is 1.98. The maximum atomic E-state index is 10.3. The molecule has 1 aromatic rings. The van der Waals surface area contributed by atoms with Crippen molar-refractivity contribution in [2.45, 2.75) is 44.2 Å². The summed E-state index contributed by atoms with van der Waals surface area (Å²) in [6.45, 7) is 5.84. The zero-order chi connectivity index (χ0) is 15.2. The topological polar surface area (TPSA) is 68.2 Å². The van der Waals surface area contributed by atoms with E-state index >= 15 is 0 Å². The summed E-state index contributed by atoms with van der Waals surface area (Å²) in [6, 6.07) is 9.59. The van der Waals surface area contributed by atoms with Crippen LogP contribution in [0.25, 0.3) is 0 Å². The average Bonchev–Trinajstić information content (AvgIpc) is 2.50. The van der Waals surface area contributed by atoms with Crippen molar-refractivity contribution >= 4 is 0 Å². The predicted octanol–water partition coefficient (Wildman–Crippen LogP) is 1.24. The minimum Gasteiger partial charge on any atom is -0.388 e. The highest BCUT2D eigenvalue weighted by Crippen LogP contribution is 2.25. The molecular weight excluding hydrogens is 272 g/mol. The van der Waals surface area contributed by atoms with Gasteiger partial charge in [-0.05, 0) is 12.5 Å². The van der Waals surface area contributed by atoms with Crippen LogP contribution in [-0.2, 0) is 20.8 Å². The summed E-state index contributed by atoms with van der Waals surface area (Å²) in [6.07, 6.45) is -2.46. The lowest BCUT2D eigenvalue weighted by atomic mass is 9.99. The van der Waals surface area contributed by atoms with Gasteiger partial charge in [0.15, 0.2) is 6.29 Å². The third kappa shape index (κ3) is 4.12. The number of ether oxygens (including phenoxy) is 3. The smallest absolute Gasteiger partial charge is 0.186 e. The Kier molecular flexibility index (Phi) is 5.90. The molecule has 0 aromatic heterocycles. The molecule has 1 heterocycles. The third-order valence-electron chi connectivity index (χ3n) is 3.45. The van der Waals surface area contributed by atoms with E-state index in [0.29, 0.717) is 6.61 Å². The molecule has 1 aliphatic heterocycles. The van der Waals surface area contributed by atoms with Crippen LogP contribution >= 0.6 is 0 Å². The van der Waals surface area contributed by atoms with E-state index in [-0.39, 0.29) is 6.61 Å². The van der Waals surface area contributed by atoms with E-state index in [9.17, 15) is 10.2 Å². The van der Waals surface area contributed by atoms with Crippen LogP contribution in [-0.4, -0.2) is 47.5 Å². The second kappa shape index (κ2) is 7.68. The van der Waals surface area contributed by atoms with Crippen molar-refractivity contribution in [3.8, 4) is 0 Å². The van der Waals surface area contributed by atoms with Crippen molar-refractivity contribution in [3.63, 3.8) is 0 Å². The van der Waals surface area contributed by atoms with Crippen LogP contribution in [0.3, 0.4) is 0 Å². The standard InChI is InChI=1S/C16H22O5/c1-3-9-19-16-14(18)15(13(17)11(2)21-16)20-10-12-7-5-4-6-8-12/h3-8,11,13-18H,1,9-10H2,2H3/t11?,13-,14?,15?,16-/m0/s1. The van der Waals surface area contributed by atoms with Gasteiger partial charge in [-0.25, -0.2) is 0 Å². The summed E-state index contributed by atoms with van der Waals surface area (Å²) in [7, 11) is 0. The first-order valence-electron chi connectivity index (χ1n) is 7.03. The molecule has 21 heavy (non-hydrogen) atoms. The minimum absolute atomic E-state index is 0.260. The molecule has 5 nitrogen and oxygen atoms in total. The fraction of sp³-hybridized carbons (Fsp3) is 0.500. The van der Waals surface area contributed by atoms with Gasteiger partial charge in [0, 0.05) is 0 Å². The highest BCUT2D eigenvalue weighted by Gasteiger charge is 2.44. The second-order valence-electron chi connectivity index (χ2n) is 5.07. The lowest BCUT2D eigenvalue weighted by Gasteiger charge is -2.41. The number of aliphatic hydroxyl groups is 2. The quantitative estimate of drug-likeness (QED) is 0.773. The Morgan fingerprint density at radius 1 is 1.19 bits per heavy atom. The molecule has 1 saturated heterocycles. The molecule has 116 valence electrons. The van der Waals surface area contributed by atoms with Gasteiger partial charge < -0.3 is 24.4 Å². The molecule has 0 amide bonds. The van der Waals surface area contributed by atoms with Gasteiger partial charge in [0.2, 0.25) is 0 Å². The Bertz CT molecular complexity index is 436. The molecule has 1 fully saturated rings. The summed E-state index contributed by atoms with van der Waals surface area (Å²) < 4.78 is 16.5. The first kappa shape index (κ1) is 16.1. The maximum Gasteiger partial charge on any atom is 0.186 e. The van der Waals surface area contributed by atoms with Crippen LogP contribution in [0.15, 0.2) is 43.0 Å². The number of hydrogen-bond donors (Lipinski definition) is 2. The van der Waals surface area contributed by atoms with Crippen molar-refractivity contribution in [2.24, 2.45) is 0 Å². The maximum absolute atomic E-state index is 10.3. The zero-order valence-corrected chi connectivity index (χ0v) is 12.1. The van der Waals surface area contributed by atoms with E-state index in [1.807, 2.05) is 30.3 Å². The third-order valence-corrected chi connectivity index (χ3v) is 3.45. The normalized spacial score (nSPS) is 32.8. The second-order valence-corrected chi connectivity index (χ2v) is 5.07. The Morgan fingerprint density at radius 2 is 1.90 bits per heavy atom. The Labute approximate surface area is 124 Å². The van der Waals surface area contributed by atoms with Gasteiger partial charge in [-0.1, -0.05) is 36.4 Å². The number of benzene rings is 1. The first-order chi connectivity index (χ1) is 10.1. The van der Waals surface area contributed by atoms with Crippen LogP contribution in [0.4, 0.5) is 0 Å². The fourth-order valence-corrected chi connectivity index (χ4v) is 2.26. The molecule has 0 saturated carbocycles. The summed E-state index contributed by atoms with van der Waals surface area (Å²) in [5.74, 6) is 0. The lowest BCUT2D eigenvalue weighted by Crippen LogP contribution is -2.58. The Morgan fingerprint density at radius 3 is 2.57 bits per heavy atom. The molecule has 5 heteroatoms. The number of aliphatic hydroxyl groups excluding tert-OH is 2. The van der Waals surface area contributed by atoms with Gasteiger partial charge in [0.1, 0.15) is 18.3 Å². The molecule has 2 N–H and O–H groups in total. The summed E-state index contributed by atoms with van der Waals surface area (Å²) in [5.41, 5.74) is 0.972. The van der Waals surface area contributed by atoms with E-state index in [4.69, 9.17) is 14.2 Å². The van der Waals surface area contributed by atoms with E-state index in [1.165, 1.54) is 0 Å². The largest absolute Gasteiger partial charge is 0.388 e. The summed E-state index contributed by atoms with van der Waals surface area (Å²) >= 11 is 0. The van der Waals surface area contributed by atoms with Crippen LogP contribution in [0.2, 0.25) is 0 Å². The molecule has 5 atom stereocenters. The molecule has 3 unspecified atom stereocenters. The van der Waals surface area contributed by atoms with Gasteiger partial charge in [-0.2, -0.15) is 0 Å². The Hall–Kier alpha value is -1.24. The van der Waals surface area contributed by atoms with Crippen LogP contribution in [0.5, 0.6) is 0 Å². The molecule has 0 spiro atoms. The van der Waals surface area contributed by atoms with Crippen molar-refractivity contribution in [1.82, 2.24) is 0 Å². The monoisotopic (exact) mass is 294 g/mol. The van der Waals surface area contributed by atoms with Crippen molar-refractivity contribution < 1.29 is 24.4 Å². The van der Waals surface area contributed by atoms with Crippen LogP contribution in [0.1, 0.15) is 12.5 Å². The van der Waals surface area contributed by atoms with Gasteiger partial charge in [0.25, 0.3) is 0 Å². The highest BCUT2D eigenvalue weighted by atomic mass is 16.7. The average molecular weight is 294 g/mol. The molecular formula is C16H22O5. The molecule has 1 aromatic carbocycles. The molecule has 2 rings (SSSR count). The molecule has 0 radical (unpaired) electrons. The lowest BCUT2D eigenvalue weighted by molar-refractivity contribution is -0.299. The van der Waals surface area contributed by atoms with Gasteiger partial charge in [-0.3, -0.25) is 0 Å². The first-order valence-corrected chi connectivity index (χ1v) is 7.03. The molecule has 1 aliphatic rings. The van der Waals surface area contributed by atoms with E-state index in [1.54, 1.807) is 13.0 Å². The highest BCUT2D eigenvalue weighted by molar-refractivity contribution is 5.13. The zero-order valence-electron chi connectivity index (χ0n) is 12.1.